The fourth-order valence-electron chi connectivity index (χ4n) is 4.26. The number of fused-ring (bicyclic) bond motifs is 1. The van der Waals surface area contributed by atoms with Gasteiger partial charge in [-0.2, -0.15) is 9.61 Å². The molecule has 5 heteroatoms. The molecule has 0 N–H and O–H groups in total. The van der Waals surface area contributed by atoms with Crippen molar-refractivity contribution >= 4 is 11.5 Å². The summed E-state index contributed by atoms with van der Waals surface area (Å²) in [4.78, 5) is 7.41. The van der Waals surface area contributed by atoms with Crippen molar-refractivity contribution in [3.8, 4) is 28.3 Å². The smallest absolute Gasteiger partial charge is 0.158 e. The van der Waals surface area contributed by atoms with Gasteiger partial charge >= 0.3 is 0 Å². The van der Waals surface area contributed by atoms with Crippen LogP contribution in [0, 0.1) is 5.92 Å². The summed E-state index contributed by atoms with van der Waals surface area (Å²) in [7, 11) is 1.69. The van der Waals surface area contributed by atoms with E-state index in [9.17, 15) is 0 Å². The molecule has 1 aliphatic rings. The molecule has 0 saturated carbocycles. The van der Waals surface area contributed by atoms with Crippen LogP contribution in [-0.2, 0) is 0 Å². The predicted octanol–water partition coefficient (Wildman–Crippen LogP) is 5.31. The Hall–Kier alpha value is -3.34. The molecule has 2 aromatic heterocycles. The lowest BCUT2D eigenvalue weighted by Gasteiger charge is -2.32. The number of aromatic nitrogens is 3. The number of hydrogen-bond acceptors (Lipinski definition) is 4. The molecule has 2 aromatic carbocycles. The molecule has 1 saturated heterocycles. The Morgan fingerprint density at radius 3 is 2.57 bits per heavy atom. The molecular weight excluding hydrogens is 372 g/mol. The Morgan fingerprint density at radius 2 is 1.77 bits per heavy atom. The second-order valence-electron chi connectivity index (χ2n) is 8.09. The Kier molecular flexibility index (Phi) is 4.87. The maximum atomic E-state index is 5.40. The SMILES string of the molecule is COc1cccc(-c2cc3nc(-c4ccccc4)cc(N4CCC[C@@H](C)C4)n3n2)c1. The summed E-state index contributed by atoms with van der Waals surface area (Å²) in [6.45, 7) is 4.42. The second-order valence-corrected chi connectivity index (χ2v) is 8.09. The number of hydrogen-bond donors (Lipinski definition) is 0. The topological polar surface area (TPSA) is 42.7 Å². The minimum atomic E-state index is 0.676. The van der Waals surface area contributed by atoms with Gasteiger partial charge in [-0.05, 0) is 30.9 Å². The molecule has 3 heterocycles. The van der Waals surface area contributed by atoms with Crippen molar-refractivity contribution in [3.05, 3.63) is 66.7 Å². The van der Waals surface area contributed by atoms with Gasteiger partial charge in [0.15, 0.2) is 5.65 Å². The Morgan fingerprint density at radius 1 is 0.933 bits per heavy atom. The second kappa shape index (κ2) is 7.82. The molecule has 1 fully saturated rings. The maximum absolute atomic E-state index is 5.40. The molecule has 0 unspecified atom stereocenters. The number of anilines is 1. The summed E-state index contributed by atoms with van der Waals surface area (Å²) in [5.74, 6) is 2.61. The third-order valence-corrected chi connectivity index (χ3v) is 5.82. The molecule has 0 aliphatic carbocycles. The van der Waals surface area contributed by atoms with Crippen molar-refractivity contribution in [1.82, 2.24) is 14.6 Å². The minimum absolute atomic E-state index is 0.676. The van der Waals surface area contributed by atoms with E-state index in [4.69, 9.17) is 14.8 Å². The fourth-order valence-corrected chi connectivity index (χ4v) is 4.26. The summed E-state index contributed by atoms with van der Waals surface area (Å²) in [5, 5.41) is 4.95. The number of ether oxygens (including phenoxy) is 1. The van der Waals surface area contributed by atoms with Crippen molar-refractivity contribution in [1.29, 1.82) is 0 Å². The zero-order valence-corrected chi connectivity index (χ0v) is 17.5. The van der Waals surface area contributed by atoms with Crippen molar-refractivity contribution < 1.29 is 4.74 Å². The van der Waals surface area contributed by atoms with E-state index >= 15 is 0 Å². The highest BCUT2D eigenvalue weighted by Gasteiger charge is 2.21. The van der Waals surface area contributed by atoms with E-state index in [1.54, 1.807) is 7.11 Å². The molecule has 0 spiro atoms. The fraction of sp³-hybridized carbons (Fsp3) is 0.280. The highest BCUT2D eigenvalue weighted by atomic mass is 16.5. The molecule has 5 rings (SSSR count). The van der Waals surface area contributed by atoms with E-state index in [2.05, 4.69) is 54.3 Å². The van der Waals surface area contributed by atoms with Crippen LogP contribution in [0.1, 0.15) is 19.8 Å². The largest absolute Gasteiger partial charge is 0.497 e. The molecule has 0 radical (unpaired) electrons. The summed E-state index contributed by atoms with van der Waals surface area (Å²) < 4.78 is 7.40. The van der Waals surface area contributed by atoms with E-state index in [1.165, 1.54) is 12.8 Å². The van der Waals surface area contributed by atoms with E-state index in [-0.39, 0.29) is 0 Å². The third-order valence-electron chi connectivity index (χ3n) is 5.82. The highest BCUT2D eigenvalue weighted by molar-refractivity contribution is 5.71. The summed E-state index contributed by atoms with van der Waals surface area (Å²) in [6, 6.07) is 22.6. The lowest BCUT2D eigenvalue weighted by molar-refractivity contribution is 0.415. The Balaban J connectivity index is 1.67. The molecule has 0 bridgehead atoms. The van der Waals surface area contributed by atoms with Crippen LogP contribution in [-0.4, -0.2) is 34.8 Å². The first-order valence-corrected chi connectivity index (χ1v) is 10.6. The number of rotatable bonds is 4. The van der Waals surface area contributed by atoms with Gasteiger partial charge in [0.05, 0.1) is 18.5 Å². The van der Waals surface area contributed by atoms with Crippen LogP contribution in [0.5, 0.6) is 5.75 Å². The van der Waals surface area contributed by atoms with Gasteiger partial charge in [-0.3, -0.25) is 0 Å². The average Bonchev–Trinajstić information content (AvgIpc) is 3.23. The first-order valence-electron chi connectivity index (χ1n) is 10.6. The standard InChI is InChI=1S/C25H26N4O/c1-18-8-7-13-28(17-18)25-16-22(19-9-4-3-5-10-19)26-24-15-23(27-29(24)25)20-11-6-12-21(14-20)30-2/h3-6,9-12,14-16,18H,7-8,13,17H2,1-2H3/t18-/m1/s1. The van der Waals surface area contributed by atoms with Crippen molar-refractivity contribution in [2.75, 3.05) is 25.1 Å². The molecule has 152 valence electrons. The van der Waals surface area contributed by atoms with Crippen LogP contribution in [0.2, 0.25) is 0 Å². The van der Waals surface area contributed by atoms with E-state index in [1.807, 2.05) is 28.8 Å². The Bertz CT molecular complexity index is 1170. The normalized spacial score (nSPS) is 16.7. The van der Waals surface area contributed by atoms with E-state index < -0.39 is 0 Å². The molecule has 1 atom stereocenters. The van der Waals surface area contributed by atoms with Crippen LogP contribution in [0.15, 0.2) is 66.7 Å². The van der Waals surface area contributed by atoms with Crippen molar-refractivity contribution in [3.63, 3.8) is 0 Å². The average molecular weight is 399 g/mol. The molecular formula is C25H26N4O. The van der Waals surface area contributed by atoms with Gasteiger partial charge in [0.2, 0.25) is 0 Å². The molecule has 0 amide bonds. The molecule has 5 nitrogen and oxygen atoms in total. The van der Waals surface area contributed by atoms with Gasteiger partial charge in [0.25, 0.3) is 0 Å². The highest BCUT2D eigenvalue weighted by Crippen LogP contribution is 2.30. The molecule has 4 aromatic rings. The van der Waals surface area contributed by atoms with E-state index in [0.29, 0.717) is 5.92 Å². The first-order chi connectivity index (χ1) is 14.7. The van der Waals surface area contributed by atoms with Gasteiger partial charge in [-0.25, -0.2) is 4.98 Å². The van der Waals surface area contributed by atoms with Crippen LogP contribution in [0.3, 0.4) is 0 Å². The monoisotopic (exact) mass is 398 g/mol. The van der Waals surface area contributed by atoms with Gasteiger partial charge in [0, 0.05) is 36.3 Å². The number of nitrogens with zero attached hydrogens (tertiary/aromatic N) is 4. The lowest BCUT2D eigenvalue weighted by Crippen LogP contribution is -2.35. The minimum Gasteiger partial charge on any atom is -0.497 e. The van der Waals surface area contributed by atoms with Crippen LogP contribution < -0.4 is 9.64 Å². The van der Waals surface area contributed by atoms with Crippen LogP contribution >= 0.6 is 0 Å². The zero-order valence-electron chi connectivity index (χ0n) is 17.5. The molecule has 30 heavy (non-hydrogen) atoms. The first kappa shape index (κ1) is 18.7. The van der Waals surface area contributed by atoms with Crippen molar-refractivity contribution in [2.45, 2.75) is 19.8 Å². The lowest BCUT2D eigenvalue weighted by atomic mass is 10.0. The summed E-state index contributed by atoms with van der Waals surface area (Å²) in [5.41, 5.74) is 4.89. The zero-order chi connectivity index (χ0) is 20.5. The Labute approximate surface area is 176 Å². The number of benzene rings is 2. The van der Waals surface area contributed by atoms with Gasteiger partial charge in [-0.15, -0.1) is 0 Å². The van der Waals surface area contributed by atoms with E-state index in [0.717, 1.165) is 52.8 Å². The summed E-state index contributed by atoms with van der Waals surface area (Å²) >= 11 is 0. The van der Waals surface area contributed by atoms with Crippen LogP contribution in [0.25, 0.3) is 28.2 Å². The van der Waals surface area contributed by atoms with Gasteiger partial charge < -0.3 is 9.64 Å². The number of piperidine rings is 1. The summed E-state index contributed by atoms with van der Waals surface area (Å²) in [6.07, 6.45) is 2.49. The maximum Gasteiger partial charge on any atom is 0.158 e. The third kappa shape index (κ3) is 3.52. The van der Waals surface area contributed by atoms with Gasteiger partial charge in [0.1, 0.15) is 11.6 Å². The number of methoxy groups -OCH3 is 1. The van der Waals surface area contributed by atoms with Crippen LogP contribution in [0.4, 0.5) is 5.82 Å². The van der Waals surface area contributed by atoms with Gasteiger partial charge in [-0.1, -0.05) is 49.4 Å². The van der Waals surface area contributed by atoms with Crippen molar-refractivity contribution in [2.24, 2.45) is 5.92 Å². The predicted molar refractivity (Wildman–Crippen MR) is 121 cm³/mol. The quantitative estimate of drug-likeness (QED) is 0.467. The molecule has 1 aliphatic heterocycles.